The SMILES string of the molecule is CNC(=O)[C@H](Cc1ccccc1)NC(=O)C(C(C(F)(F)F)C(F)(F)F)N(C(=O)NC(C)C)C(C)C. The van der Waals surface area contributed by atoms with E-state index in [4.69, 9.17) is 0 Å². The van der Waals surface area contributed by atoms with Crippen molar-refractivity contribution in [2.75, 3.05) is 7.05 Å². The van der Waals surface area contributed by atoms with Crippen LogP contribution in [0, 0.1) is 5.92 Å². The predicted octanol–water partition coefficient (Wildman–Crippen LogP) is 3.40. The van der Waals surface area contributed by atoms with Crippen molar-refractivity contribution in [3.05, 3.63) is 35.9 Å². The third kappa shape index (κ3) is 8.62. The monoisotopic (exact) mass is 512 g/mol. The number of hydrogen-bond acceptors (Lipinski definition) is 3. The van der Waals surface area contributed by atoms with Crippen molar-refractivity contribution in [1.29, 1.82) is 0 Å². The molecule has 0 spiro atoms. The molecule has 0 aliphatic rings. The minimum Gasteiger partial charge on any atom is -0.357 e. The molecule has 0 radical (unpaired) electrons. The molecule has 35 heavy (non-hydrogen) atoms. The molecule has 1 rings (SSSR count). The molecule has 198 valence electrons. The molecule has 0 aliphatic heterocycles. The lowest BCUT2D eigenvalue weighted by Crippen LogP contribution is -2.65. The molecule has 7 nitrogen and oxygen atoms in total. The number of amides is 4. The maximum absolute atomic E-state index is 13.7. The number of benzene rings is 1. The number of nitrogens with one attached hydrogen (secondary N) is 3. The summed E-state index contributed by atoms with van der Waals surface area (Å²) in [6.45, 7) is 5.28. The van der Waals surface area contributed by atoms with Crippen LogP contribution in [0.1, 0.15) is 33.3 Å². The van der Waals surface area contributed by atoms with Gasteiger partial charge in [0.25, 0.3) is 0 Å². The average molecular weight is 512 g/mol. The Bertz CT molecular complexity index is 845. The fourth-order valence-corrected chi connectivity index (χ4v) is 3.48. The van der Waals surface area contributed by atoms with Crippen molar-refractivity contribution in [1.82, 2.24) is 20.9 Å². The molecule has 1 aromatic rings. The van der Waals surface area contributed by atoms with Crippen LogP contribution in [0.4, 0.5) is 31.1 Å². The van der Waals surface area contributed by atoms with E-state index in [2.05, 4.69) is 10.6 Å². The number of carbonyl (C=O) groups is 3. The van der Waals surface area contributed by atoms with Crippen molar-refractivity contribution in [3.8, 4) is 0 Å². The van der Waals surface area contributed by atoms with Crippen LogP contribution in [-0.2, 0) is 16.0 Å². The Balaban J connectivity index is 3.57. The van der Waals surface area contributed by atoms with Crippen LogP contribution in [-0.4, -0.2) is 66.3 Å². The lowest BCUT2D eigenvalue weighted by atomic mass is 9.93. The largest absolute Gasteiger partial charge is 0.403 e. The highest BCUT2D eigenvalue weighted by Gasteiger charge is 2.64. The molecular formula is C22H30F6N4O3. The number of urea groups is 1. The van der Waals surface area contributed by atoms with Crippen molar-refractivity contribution in [2.24, 2.45) is 5.92 Å². The van der Waals surface area contributed by atoms with E-state index in [1.54, 1.807) is 30.3 Å². The fraction of sp³-hybridized carbons (Fsp3) is 0.591. The lowest BCUT2D eigenvalue weighted by Gasteiger charge is -2.40. The van der Waals surface area contributed by atoms with E-state index in [-0.39, 0.29) is 11.3 Å². The molecule has 0 heterocycles. The molecule has 13 heteroatoms. The van der Waals surface area contributed by atoms with Crippen molar-refractivity contribution >= 4 is 17.8 Å². The normalized spacial score (nSPS) is 14.0. The highest BCUT2D eigenvalue weighted by Crippen LogP contribution is 2.43. The van der Waals surface area contributed by atoms with Crippen LogP contribution in [0.5, 0.6) is 0 Å². The molecule has 0 saturated carbocycles. The van der Waals surface area contributed by atoms with Gasteiger partial charge in [-0.2, -0.15) is 26.3 Å². The third-order valence-corrected chi connectivity index (χ3v) is 4.95. The zero-order valence-corrected chi connectivity index (χ0v) is 19.9. The summed E-state index contributed by atoms with van der Waals surface area (Å²) in [6.07, 6.45) is -12.1. The number of hydrogen-bond donors (Lipinski definition) is 3. The summed E-state index contributed by atoms with van der Waals surface area (Å²) in [5.41, 5.74) is 0.499. The minimum absolute atomic E-state index is 0.207. The highest BCUT2D eigenvalue weighted by atomic mass is 19.4. The van der Waals surface area contributed by atoms with Crippen LogP contribution in [0.15, 0.2) is 30.3 Å². The quantitative estimate of drug-likeness (QED) is 0.443. The first-order valence-corrected chi connectivity index (χ1v) is 10.8. The second-order valence-electron chi connectivity index (χ2n) is 8.48. The first kappa shape index (κ1) is 30.0. The van der Waals surface area contributed by atoms with Crippen LogP contribution in [0.3, 0.4) is 0 Å². The van der Waals surface area contributed by atoms with Gasteiger partial charge in [-0.3, -0.25) is 9.59 Å². The molecule has 1 aromatic carbocycles. The maximum Gasteiger partial charge on any atom is 0.403 e. The van der Waals surface area contributed by atoms with E-state index in [1.165, 1.54) is 34.7 Å². The van der Waals surface area contributed by atoms with E-state index < -0.39 is 60.3 Å². The van der Waals surface area contributed by atoms with Gasteiger partial charge in [0.1, 0.15) is 12.1 Å². The summed E-state index contributed by atoms with van der Waals surface area (Å²) < 4.78 is 82.5. The molecule has 0 aliphatic carbocycles. The van der Waals surface area contributed by atoms with Gasteiger partial charge in [-0.25, -0.2) is 4.79 Å². The van der Waals surface area contributed by atoms with Gasteiger partial charge in [-0.15, -0.1) is 0 Å². The smallest absolute Gasteiger partial charge is 0.357 e. The van der Waals surface area contributed by atoms with E-state index in [9.17, 15) is 40.7 Å². The van der Waals surface area contributed by atoms with E-state index in [0.29, 0.717) is 5.56 Å². The topological polar surface area (TPSA) is 90.5 Å². The number of alkyl halides is 6. The van der Waals surface area contributed by atoms with Gasteiger partial charge in [0.05, 0.1) is 0 Å². The van der Waals surface area contributed by atoms with E-state index in [0.717, 1.165) is 0 Å². The Labute approximate surface area is 199 Å². The molecule has 3 N–H and O–H groups in total. The zero-order valence-electron chi connectivity index (χ0n) is 19.9. The Morgan fingerprint density at radius 1 is 0.857 bits per heavy atom. The highest BCUT2D eigenvalue weighted by molar-refractivity contribution is 5.92. The van der Waals surface area contributed by atoms with Crippen molar-refractivity contribution < 1.29 is 40.7 Å². The van der Waals surface area contributed by atoms with Crippen molar-refractivity contribution in [2.45, 2.75) is 70.6 Å². The Kier molecular flexibility index (Phi) is 10.4. The molecule has 2 atom stereocenters. The second kappa shape index (κ2) is 12.1. The Morgan fingerprint density at radius 2 is 1.37 bits per heavy atom. The number of rotatable bonds is 9. The maximum atomic E-state index is 13.7. The number of nitrogens with zero attached hydrogens (tertiary/aromatic N) is 1. The van der Waals surface area contributed by atoms with Crippen LogP contribution in [0.25, 0.3) is 0 Å². The summed E-state index contributed by atoms with van der Waals surface area (Å²) >= 11 is 0. The van der Waals surface area contributed by atoms with Crippen molar-refractivity contribution in [3.63, 3.8) is 0 Å². The van der Waals surface area contributed by atoms with Crippen LogP contribution in [0.2, 0.25) is 0 Å². The second-order valence-corrected chi connectivity index (χ2v) is 8.48. The molecule has 1 unspecified atom stereocenters. The van der Waals surface area contributed by atoms with Gasteiger partial charge in [-0.1, -0.05) is 30.3 Å². The molecule has 0 aromatic heterocycles. The Hall–Kier alpha value is -2.99. The van der Waals surface area contributed by atoms with Gasteiger partial charge >= 0.3 is 18.4 Å². The minimum atomic E-state index is -5.92. The van der Waals surface area contributed by atoms with E-state index >= 15 is 0 Å². The summed E-state index contributed by atoms with van der Waals surface area (Å²) in [5.74, 6) is -6.79. The zero-order chi connectivity index (χ0) is 27.1. The van der Waals surface area contributed by atoms with Gasteiger partial charge in [0, 0.05) is 25.6 Å². The number of carbonyl (C=O) groups excluding carboxylic acids is 3. The standard InChI is InChI=1S/C22H30F6N4O3/c1-12(2)30-20(35)32(13(3)4)16(17(21(23,24)25)22(26,27)28)19(34)31-15(18(33)29-5)11-14-9-7-6-8-10-14/h6-10,12-13,15-17H,11H2,1-5H3,(H,29,33)(H,30,35)(H,31,34)/t15-,16?/m0/s1. The average Bonchev–Trinajstić information content (AvgIpc) is 2.70. The predicted molar refractivity (Wildman–Crippen MR) is 116 cm³/mol. The van der Waals surface area contributed by atoms with Gasteiger partial charge in [0.2, 0.25) is 11.8 Å². The first-order chi connectivity index (χ1) is 16.0. The van der Waals surface area contributed by atoms with Gasteiger partial charge in [-0.05, 0) is 33.3 Å². The lowest BCUT2D eigenvalue weighted by molar-refractivity contribution is -0.295. The summed E-state index contributed by atoms with van der Waals surface area (Å²) in [6, 6.07) is 0.351. The third-order valence-electron chi connectivity index (χ3n) is 4.95. The van der Waals surface area contributed by atoms with Gasteiger partial charge in [0.15, 0.2) is 5.92 Å². The molecule has 0 saturated heterocycles. The molecular weight excluding hydrogens is 482 g/mol. The summed E-state index contributed by atoms with van der Waals surface area (Å²) in [4.78, 5) is 38.4. The van der Waals surface area contributed by atoms with Crippen LogP contribution >= 0.6 is 0 Å². The van der Waals surface area contributed by atoms with Crippen LogP contribution < -0.4 is 16.0 Å². The van der Waals surface area contributed by atoms with Gasteiger partial charge < -0.3 is 20.9 Å². The Morgan fingerprint density at radius 3 is 1.77 bits per heavy atom. The molecule has 0 bridgehead atoms. The van der Waals surface area contributed by atoms with E-state index in [1.807, 2.05) is 5.32 Å². The fourth-order valence-electron chi connectivity index (χ4n) is 3.48. The summed E-state index contributed by atoms with van der Waals surface area (Å²) in [5, 5.41) is 6.48. The molecule has 0 fully saturated rings. The first-order valence-electron chi connectivity index (χ1n) is 10.8. The molecule has 4 amide bonds. The number of halogens is 6. The number of likely N-dealkylation sites (N-methyl/N-ethyl adjacent to an activating group) is 1. The summed E-state index contributed by atoms with van der Waals surface area (Å²) in [7, 11) is 1.20.